The number of nitrogens with one attached hydrogen (secondary N) is 2. The predicted octanol–water partition coefficient (Wildman–Crippen LogP) is 4.18. The van der Waals surface area contributed by atoms with Crippen molar-refractivity contribution >= 4 is 27.9 Å². The highest BCUT2D eigenvalue weighted by Crippen LogP contribution is 2.39. The molecule has 0 amide bonds. The van der Waals surface area contributed by atoms with Gasteiger partial charge in [0, 0.05) is 23.1 Å². The van der Waals surface area contributed by atoms with Crippen molar-refractivity contribution < 1.29 is 0 Å². The Bertz CT molecular complexity index is 1300. The molecule has 6 rings (SSSR count). The number of hydrogen-bond donors (Lipinski definition) is 2. The third-order valence-corrected chi connectivity index (χ3v) is 5.91. The zero-order valence-electron chi connectivity index (χ0n) is 15.8. The number of anilines is 1. The van der Waals surface area contributed by atoms with Gasteiger partial charge in [0.1, 0.15) is 11.8 Å². The smallest absolute Gasteiger partial charge is 0.182 e. The zero-order valence-corrected chi connectivity index (χ0v) is 15.8. The molecule has 29 heavy (non-hydrogen) atoms. The summed E-state index contributed by atoms with van der Waals surface area (Å²) in [7, 11) is 0. The van der Waals surface area contributed by atoms with Crippen LogP contribution in [0.15, 0.2) is 67.3 Å². The molecule has 0 saturated heterocycles. The number of rotatable bonds is 3. The van der Waals surface area contributed by atoms with Crippen LogP contribution in [0.25, 0.3) is 22.1 Å². The van der Waals surface area contributed by atoms with E-state index in [9.17, 15) is 0 Å². The Kier molecular flexibility index (Phi) is 3.62. The van der Waals surface area contributed by atoms with E-state index in [1.54, 1.807) is 12.7 Å². The van der Waals surface area contributed by atoms with E-state index in [-0.39, 0.29) is 6.04 Å². The van der Waals surface area contributed by atoms with Crippen LogP contribution in [0.3, 0.4) is 0 Å². The monoisotopic (exact) mass is 380 g/mol. The van der Waals surface area contributed by atoms with Gasteiger partial charge in [-0.15, -0.1) is 0 Å². The lowest BCUT2D eigenvalue weighted by Crippen LogP contribution is -2.37. The average molecular weight is 380 g/mol. The van der Waals surface area contributed by atoms with E-state index < -0.39 is 0 Å². The topological polar surface area (TPSA) is 73.5 Å². The summed E-state index contributed by atoms with van der Waals surface area (Å²) in [6, 6.07) is 19.4. The van der Waals surface area contributed by atoms with Crippen LogP contribution in [-0.4, -0.2) is 31.5 Å². The molecule has 0 saturated carbocycles. The maximum Gasteiger partial charge on any atom is 0.182 e. The molecule has 1 atom stereocenters. The molecule has 3 aromatic heterocycles. The molecule has 1 unspecified atom stereocenters. The van der Waals surface area contributed by atoms with Gasteiger partial charge in [-0.25, -0.2) is 15.0 Å². The lowest BCUT2D eigenvalue weighted by molar-refractivity contribution is 0.566. The summed E-state index contributed by atoms with van der Waals surface area (Å²) in [6.07, 6.45) is 5.18. The molecule has 0 bridgehead atoms. The Labute approximate surface area is 167 Å². The minimum Gasteiger partial charge on any atom is -0.356 e. The van der Waals surface area contributed by atoms with Gasteiger partial charge >= 0.3 is 0 Å². The number of fused-ring (bicyclic) bond motifs is 4. The van der Waals surface area contributed by atoms with E-state index in [0.29, 0.717) is 5.65 Å². The molecule has 1 aliphatic rings. The van der Waals surface area contributed by atoms with Crippen molar-refractivity contribution in [2.45, 2.75) is 18.9 Å². The second-order valence-corrected chi connectivity index (χ2v) is 7.51. The number of aromatic nitrogens is 5. The van der Waals surface area contributed by atoms with Crippen LogP contribution in [0.4, 0.5) is 5.82 Å². The first kappa shape index (κ1) is 16.3. The number of nitrogens with zero attached hydrogens (tertiary/aromatic N) is 4. The minimum atomic E-state index is 0.162. The van der Waals surface area contributed by atoms with E-state index in [4.69, 9.17) is 0 Å². The number of hydrogen-bond acceptors (Lipinski definition) is 4. The molecule has 0 aliphatic carbocycles. The van der Waals surface area contributed by atoms with Gasteiger partial charge < -0.3 is 14.9 Å². The molecule has 142 valence electrons. The Morgan fingerprint density at radius 1 is 0.966 bits per heavy atom. The third-order valence-electron chi connectivity index (χ3n) is 5.91. The van der Waals surface area contributed by atoms with Crippen molar-refractivity contribution in [2.24, 2.45) is 0 Å². The molecule has 0 spiro atoms. The lowest BCUT2D eigenvalue weighted by Gasteiger charge is -2.37. The molecular formula is C23H20N6. The summed E-state index contributed by atoms with van der Waals surface area (Å²) in [6.45, 7) is 0.900. The first-order valence-electron chi connectivity index (χ1n) is 9.92. The minimum absolute atomic E-state index is 0.162. The number of para-hydroxylation sites is 1. The van der Waals surface area contributed by atoms with E-state index >= 15 is 0 Å². The highest BCUT2D eigenvalue weighted by molar-refractivity contribution is 5.87. The molecule has 0 fully saturated rings. The van der Waals surface area contributed by atoms with Gasteiger partial charge in [-0.1, -0.05) is 48.5 Å². The Balaban J connectivity index is 1.53. The summed E-state index contributed by atoms with van der Waals surface area (Å²) >= 11 is 0. The van der Waals surface area contributed by atoms with E-state index in [1.165, 1.54) is 27.7 Å². The van der Waals surface area contributed by atoms with Gasteiger partial charge in [0.05, 0.1) is 12.4 Å². The first-order chi connectivity index (χ1) is 14.4. The van der Waals surface area contributed by atoms with Gasteiger partial charge in [-0.05, 0) is 30.0 Å². The maximum absolute atomic E-state index is 4.65. The number of H-pyrrole nitrogens is 2. The Morgan fingerprint density at radius 2 is 1.83 bits per heavy atom. The van der Waals surface area contributed by atoms with Crippen molar-refractivity contribution in [3.8, 4) is 0 Å². The molecule has 6 nitrogen and oxygen atoms in total. The van der Waals surface area contributed by atoms with Crippen LogP contribution in [-0.2, 0) is 12.8 Å². The normalized spacial score (nSPS) is 16.4. The fraction of sp³-hybridized carbons (Fsp3) is 0.174. The van der Waals surface area contributed by atoms with Gasteiger partial charge in [-0.3, -0.25) is 0 Å². The second-order valence-electron chi connectivity index (χ2n) is 7.51. The lowest BCUT2D eigenvalue weighted by atomic mass is 9.92. The van der Waals surface area contributed by atoms with Crippen LogP contribution in [0.1, 0.15) is 22.9 Å². The first-order valence-corrected chi connectivity index (χ1v) is 9.92. The third kappa shape index (κ3) is 2.60. The van der Waals surface area contributed by atoms with Crippen LogP contribution < -0.4 is 4.90 Å². The number of benzene rings is 2. The zero-order chi connectivity index (χ0) is 19.2. The van der Waals surface area contributed by atoms with Crippen molar-refractivity contribution in [1.82, 2.24) is 24.9 Å². The second kappa shape index (κ2) is 6.44. The highest BCUT2D eigenvalue weighted by Gasteiger charge is 2.32. The van der Waals surface area contributed by atoms with Crippen LogP contribution in [0, 0.1) is 0 Å². The molecule has 2 N–H and O–H groups in total. The molecule has 5 aromatic rings. The molecule has 6 heteroatoms. The van der Waals surface area contributed by atoms with E-state index in [2.05, 4.69) is 84.4 Å². The van der Waals surface area contributed by atoms with Crippen molar-refractivity contribution in [1.29, 1.82) is 0 Å². The average Bonchev–Trinajstić information content (AvgIpc) is 3.39. The number of imidazole rings is 1. The summed E-state index contributed by atoms with van der Waals surface area (Å²) in [5, 5.41) is 1.33. The predicted molar refractivity (Wildman–Crippen MR) is 114 cm³/mol. The molecule has 1 aliphatic heterocycles. The molecule has 0 radical (unpaired) electrons. The summed E-state index contributed by atoms with van der Waals surface area (Å²) in [5.74, 6) is 0.915. The molecule has 2 aromatic carbocycles. The quantitative estimate of drug-likeness (QED) is 0.492. The standard InChI is InChI=1S/C23H20N6/c1-2-6-15(7-3-1)12-19-20-17(16-8-4-5-9-18(16)28-20)10-11-29(19)23-21-22(25-13-24-21)26-14-27-23/h1-9,13-14,19,28H,10-12H2,(H,24,25,26,27). The van der Waals surface area contributed by atoms with E-state index in [1.807, 2.05) is 0 Å². The summed E-state index contributed by atoms with van der Waals surface area (Å²) in [4.78, 5) is 22.6. The van der Waals surface area contributed by atoms with Gasteiger partial charge in [0.2, 0.25) is 0 Å². The summed E-state index contributed by atoms with van der Waals surface area (Å²) < 4.78 is 0. The van der Waals surface area contributed by atoms with Crippen LogP contribution in [0.2, 0.25) is 0 Å². The maximum atomic E-state index is 4.65. The molecular weight excluding hydrogens is 360 g/mol. The van der Waals surface area contributed by atoms with Crippen molar-refractivity contribution in [2.75, 3.05) is 11.4 Å². The van der Waals surface area contributed by atoms with Gasteiger partial charge in [0.15, 0.2) is 11.5 Å². The Hall–Kier alpha value is -3.67. The van der Waals surface area contributed by atoms with Gasteiger partial charge in [-0.2, -0.15) is 0 Å². The van der Waals surface area contributed by atoms with Crippen molar-refractivity contribution in [3.63, 3.8) is 0 Å². The Morgan fingerprint density at radius 3 is 2.76 bits per heavy atom. The fourth-order valence-corrected chi connectivity index (χ4v) is 4.59. The SMILES string of the molecule is c1ccc(CC2c3[nH]c4ccccc4c3CCN2c2ncnc3nc[nH]c23)cc1. The molecule has 4 heterocycles. The fourth-order valence-electron chi connectivity index (χ4n) is 4.59. The van der Waals surface area contributed by atoms with Gasteiger partial charge in [0.25, 0.3) is 0 Å². The van der Waals surface area contributed by atoms with Crippen LogP contribution in [0.5, 0.6) is 0 Å². The number of aromatic amines is 2. The van der Waals surface area contributed by atoms with Crippen LogP contribution >= 0.6 is 0 Å². The largest absolute Gasteiger partial charge is 0.356 e. The van der Waals surface area contributed by atoms with Crippen molar-refractivity contribution in [3.05, 3.63) is 84.1 Å². The summed E-state index contributed by atoms with van der Waals surface area (Å²) in [5.41, 5.74) is 6.82. The van der Waals surface area contributed by atoms with E-state index in [0.717, 1.165) is 30.7 Å². The highest BCUT2D eigenvalue weighted by atomic mass is 15.2.